The topological polar surface area (TPSA) is 23.6 Å². The summed E-state index contributed by atoms with van der Waals surface area (Å²) in [5.41, 5.74) is 1.33. The molecule has 2 atom stereocenters. The van der Waals surface area contributed by atoms with E-state index in [2.05, 4.69) is 0 Å². The molecule has 2 amide bonds. The normalized spacial score (nSPS) is 22.7. The molecule has 0 N–H and O–H groups in total. The summed E-state index contributed by atoms with van der Waals surface area (Å²) in [7, 11) is 0. The Hall–Kier alpha value is -2.63. The number of amides is 2. The summed E-state index contributed by atoms with van der Waals surface area (Å²) in [5, 5.41) is 1.14. The van der Waals surface area contributed by atoms with Crippen molar-refractivity contribution in [1.82, 2.24) is 0 Å². The number of benzene rings is 3. The molecule has 1 aliphatic heterocycles. The minimum atomic E-state index is -2.58. The van der Waals surface area contributed by atoms with Gasteiger partial charge in [-0.1, -0.05) is 41.4 Å². The lowest BCUT2D eigenvalue weighted by molar-refractivity contribution is 0.151. The second-order valence-corrected chi connectivity index (χ2v) is 9.07. The number of rotatable bonds is 4. The van der Waals surface area contributed by atoms with E-state index in [4.69, 9.17) is 23.2 Å². The minimum absolute atomic E-state index is 0.0454. The molecule has 0 radical (unpaired) electrons. The number of hydrogen-bond donors (Lipinski definition) is 0. The lowest BCUT2D eigenvalue weighted by atomic mass is 9.83. The number of fused-ring (bicyclic) bond motifs is 1. The van der Waals surface area contributed by atoms with Crippen molar-refractivity contribution in [2.75, 3.05) is 9.80 Å². The quantitative estimate of drug-likeness (QED) is 0.379. The molecule has 3 aromatic carbocycles. The maximum atomic E-state index is 13.9. The van der Waals surface area contributed by atoms with Gasteiger partial charge >= 0.3 is 6.03 Å². The highest BCUT2D eigenvalue weighted by Crippen LogP contribution is 2.54. The predicted molar refractivity (Wildman–Crippen MR) is 124 cm³/mol. The fourth-order valence-electron chi connectivity index (χ4n) is 5.22. The van der Waals surface area contributed by atoms with E-state index in [0.717, 1.165) is 24.1 Å². The molecule has 5 rings (SSSR count). The summed E-state index contributed by atoms with van der Waals surface area (Å²) in [4.78, 5) is 17.5. The van der Waals surface area contributed by atoms with Crippen LogP contribution in [0.25, 0.3) is 0 Å². The number of nitrogens with zero attached hydrogens (tertiary/aromatic N) is 2. The van der Waals surface area contributed by atoms with Crippen molar-refractivity contribution < 1.29 is 13.6 Å². The van der Waals surface area contributed by atoms with Crippen LogP contribution in [0, 0.1) is 0 Å². The van der Waals surface area contributed by atoms with Gasteiger partial charge in [-0.15, -0.1) is 0 Å². The molecule has 7 heteroatoms. The molecule has 3 aromatic rings. The van der Waals surface area contributed by atoms with Crippen LogP contribution < -0.4 is 9.80 Å². The molecule has 3 nitrogen and oxygen atoms in total. The van der Waals surface area contributed by atoms with Crippen molar-refractivity contribution in [3.05, 3.63) is 94.0 Å². The summed E-state index contributed by atoms with van der Waals surface area (Å²) in [5.74, 6) is 0. The van der Waals surface area contributed by atoms with Crippen LogP contribution in [0.15, 0.2) is 72.8 Å². The highest BCUT2D eigenvalue weighted by atomic mass is 35.5. The first-order valence-electron chi connectivity index (χ1n) is 10.4. The monoisotopic (exact) mass is 472 g/mol. The summed E-state index contributed by atoms with van der Waals surface area (Å²) >= 11 is 12.2. The Morgan fingerprint density at radius 2 is 1.53 bits per heavy atom. The predicted octanol–water partition coefficient (Wildman–Crippen LogP) is 7.83. The van der Waals surface area contributed by atoms with Gasteiger partial charge in [0.05, 0.1) is 11.6 Å². The van der Waals surface area contributed by atoms with E-state index in [-0.39, 0.29) is 17.6 Å². The Bertz CT molecular complexity index is 1150. The maximum absolute atomic E-state index is 13.9. The Kier molecular flexibility index (Phi) is 5.34. The summed E-state index contributed by atoms with van der Waals surface area (Å²) in [6, 6.07) is 20.3. The fourth-order valence-corrected chi connectivity index (χ4v) is 5.47. The highest BCUT2D eigenvalue weighted by molar-refractivity contribution is 6.31. The number of hydrogen-bond acceptors (Lipinski definition) is 1. The third-order valence-electron chi connectivity index (χ3n) is 6.52. The van der Waals surface area contributed by atoms with E-state index < -0.39 is 12.0 Å². The van der Waals surface area contributed by atoms with E-state index in [1.54, 1.807) is 58.3 Å². The van der Waals surface area contributed by atoms with Crippen LogP contribution in [-0.4, -0.2) is 12.1 Å². The van der Waals surface area contributed by atoms with Crippen LogP contribution in [-0.2, 0) is 5.54 Å². The lowest BCUT2D eigenvalue weighted by Crippen LogP contribution is -2.46. The van der Waals surface area contributed by atoms with Gasteiger partial charge in [0, 0.05) is 27.0 Å². The van der Waals surface area contributed by atoms with Crippen molar-refractivity contribution in [2.45, 2.75) is 37.3 Å². The number of halogens is 4. The van der Waals surface area contributed by atoms with Crippen molar-refractivity contribution in [3.8, 4) is 0 Å². The van der Waals surface area contributed by atoms with Gasteiger partial charge in [-0.05, 0) is 79.4 Å². The van der Waals surface area contributed by atoms with Gasteiger partial charge in [-0.3, -0.25) is 9.80 Å². The van der Waals surface area contributed by atoms with Crippen molar-refractivity contribution in [3.63, 3.8) is 0 Å². The van der Waals surface area contributed by atoms with Gasteiger partial charge < -0.3 is 0 Å². The van der Waals surface area contributed by atoms with Gasteiger partial charge in [0.15, 0.2) is 0 Å². The largest absolute Gasteiger partial charge is 0.330 e. The van der Waals surface area contributed by atoms with Gasteiger partial charge in [-0.2, -0.15) is 0 Å². The smallest absolute Gasteiger partial charge is 0.288 e. The molecule has 1 saturated heterocycles. The average Bonchev–Trinajstić information content (AvgIpc) is 3.31. The SMILES string of the molecule is O=C1N(c2ccc(Cl)cc2)[C@@H]2CCC[C@]2(c2cccc(C(F)F)c2)N1c1ccc(Cl)cc1. The lowest BCUT2D eigenvalue weighted by Gasteiger charge is -2.38. The van der Waals surface area contributed by atoms with Crippen molar-refractivity contribution >= 4 is 40.6 Å². The van der Waals surface area contributed by atoms with Crippen molar-refractivity contribution in [2.24, 2.45) is 0 Å². The first-order valence-corrected chi connectivity index (χ1v) is 11.2. The molecule has 0 spiro atoms. The zero-order valence-corrected chi connectivity index (χ0v) is 18.5. The molecule has 0 aromatic heterocycles. The van der Waals surface area contributed by atoms with Crippen LogP contribution in [0.3, 0.4) is 0 Å². The van der Waals surface area contributed by atoms with E-state index >= 15 is 0 Å². The molecule has 1 heterocycles. The van der Waals surface area contributed by atoms with E-state index in [1.807, 2.05) is 18.2 Å². The van der Waals surface area contributed by atoms with Gasteiger partial charge in [-0.25, -0.2) is 13.6 Å². The average molecular weight is 473 g/mol. The third-order valence-corrected chi connectivity index (χ3v) is 7.03. The Morgan fingerprint density at radius 3 is 2.16 bits per heavy atom. The van der Waals surface area contributed by atoms with Gasteiger partial charge in [0.25, 0.3) is 6.43 Å². The first kappa shape index (κ1) is 21.2. The highest BCUT2D eigenvalue weighted by Gasteiger charge is 2.61. The number of carbonyl (C=O) groups excluding carboxylic acids is 1. The molecule has 2 aliphatic rings. The van der Waals surface area contributed by atoms with Crippen LogP contribution >= 0.6 is 23.2 Å². The number of anilines is 2. The standard InChI is InChI=1S/C25H20Cl2F2N2O/c26-18-6-10-20(11-7-18)30-22-5-2-14-25(22,17-4-1-3-16(15-17)23(28)29)31(24(30)32)21-12-8-19(27)9-13-21/h1,3-4,6-13,15,22-23H,2,5,14H2/t22-,25-/m1/s1. The fraction of sp³-hybridized carbons (Fsp3) is 0.240. The second kappa shape index (κ2) is 8.05. The van der Waals surface area contributed by atoms with Crippen LogP contribution in [0.4, 0.5) is 25.0 Å². The zero-order valence-electron chi connectivity index (χ0n) is 17.0. The number of alkyl halides is 2. The summed E-state index contributed by atoms with van der Waals surface area (Å²) in [6.45, 7) is 0. The maximum Gasteiger partial charge on any atom is 0.330 e. The van der Waals surface area contributed by atoms with Crippen LogP contribution in [0.2, 0.25) is 10.0 Å². The minimum Gasteiger partial charge on any atom is -0.288 e. The van der Waals surface area contributed by atoms with Gasteiger partial charge in [0.1, 0.15) is 0 Å². The zero-order chi connectivity index (χ0) is 22.5. The molecule has 32 heavy (non-hydrogen) atoms. The summed E-state index contributed by atoms with van der Waals surface area (Å²) in [6.07, 6.45) is -0.287. The molecule has 0 bridgehead atoms. The number of urea groups is 1. The first-order chi connectivity index (χ1) is 15.4. The van der Waals surface area contributed by atoms with Crippen LogP contribution in [0.5, 0.6) is 0 Å². The molecule has 0 unspecified atom stereocenters. The van der Waals surface area contributed by atoms with E-state index in [9.17, 15) is 13.6 Å². The van der Waals surface area contributed by atoms with Crippen LogP contribution in [0.1, 0.15) is 36.8 Å². The Morgan fingerprint density at radius 1 is 0.906 bits per heavy atom. The Labute approximate surface area is 195 Å². The molecular weight excluding hydrogens is 453 g/mol. The molecule has 1 saturated carbocycles. The molecular formula is C25H20Cl2F2N2O. The van der Waals surface area contributed by atoms with Crippen molar-refractivity contribution in [1.29, 1.82) is 0 Å². The third kappa shape index (κ3) is 3.26. The summed E-state index contributed by atoms with van der Waals surface area (Å²) < 4.78 is 27.2. The second-order valence-electron chi connectivity index (χ2n) is 8.20. The molecule has 164 valence electrons. The molecule has 1 aliphatic carbocycles. The van der Waals surface area contributed by atoms with Gasteiger partial charge in [0.2, 0.25) is 0 Å². The van der Waals surface area contributed by atoms with E-state index in [0.29, 0.717) is 22.2 Å². The van der Waals surface area contributed by atoms with E-state index in [1.165, 1.54) is 6.07 Å². The Balaban J connectivity index is 1.72. The molecule has 2 fully saturated rings. The number of carbonyl (C=O) groups is 1.